The van der Waals surface area contributed by atoms with Crippen LogP contribution in [0.1, 0.15) is 5.69 Å². The SMILES string of the molecule is Cc1ccc2nc3c(nc2n1)-c1cccc2cc4ccccc4c-3c12. The molecule has 0 amide bonds. The van der Waals surface area contributed by atoms with Crippen molar-refractivity contribution in [2.24, 2.45) is 0 Å². The minimum atomic E-state index is 0.716. The number of aryl methyl sites for hydroxylation is 1. The summed E-state index contributed by atoms with van der Waals surface area (Å²) >= 11 is 0. The molecule has 2 heterocycles. The van der Waals surface area contributed by atoms with Crippen LogP contribution in [0.3, 0.4) is 0 Å². The Morgan fingerprint density at radius 3 is 2.56 bits per heavy atom. The molecule has 3 heteroatoms. The van der Waals surface area contributed by atoms with Crippen LogP contribution in [0.2, 0.25) is 0 Å². The van der Waals surface area contributed by atoms with E-state index < -0.39 is 0 Å². The van der Waals surface area contributed by atoms with Gasteiger partial charge in [-0.2, -0.15) is 0 Å². The summed E-state index contributed by atoms with van der Waals surface area (Å²) in [6.45, 7) is 1.98. The number of pyridine rings is 1. The van der Waals surface area contributed by atoms with E-state index in [1.165, 1.54) is 27.1 Å². The average molecular weight is 319 g/mol. The monoisotopic (exact) mass is 319 g/mol. The normalized spacial score (nSPS) is 12.2. The number of hydrogen-bond acceptors (Lipinski definition) is 3. The van der Waals surface area contributed by atoms with Crippen LogP contribution >= 0.6 is 0 Å². The zero-order chi connectivity index (χ0) is 16.5. The minimum Gasteiger partial charge on any atom is -0.242 e. The summed E-state index contributed by atoms with van der Waals surface area (Å²) in [6, 6.07) is 21.2. The van der Waals surface area contributed by atoms with Crippen LogP contribution < -0.4 is 0 Å². The number of benzene rings is 3. The molecule has 0 saturated heterocycles. The summed E-state index contributed by atoms with van der Waals surface area (Å²) in [4.78, 5) is 14.4. The number of fused-ring (bicyclic) bond motifs is 6. The van der Waals surface area contributed by atoms with Gasteiger partial charge in [0.05, 0.1) is 11.4 Å². The molecule has 6 rings (SSSR count). The highest BCUT2D eigenvalue weighted by Crippen LogP contribution is 2.48. The molecule has 5 aromatic rings. The second-order valence-corrected chi connectivity index (χ2v) is 6.59. The molecule has 0 atom stereocenters. The molecule has 3 aromatic carbocycles. The van der Waals surface area contributed by atoms with Gasteiger partial charge in [0.15, 0.2) is 5.65 Å². The van der Waals surface area contributed by atoms with Crippen LogP contribution in [0.25, 0.3) is 55.2 Å². The smallest absolute Gasteiger partial charge is 0.179 e. The molecule has 2 aromatic heterocycles. The Morgan fingerprint density at radius 2 is 1.60 bits per heavy atom. The first-order valence-corrected chi connectivity index (χ1v) is 8.40. The lowest BCUT2D eigenvalue weighted by Gasteiger charge is -2.07. The van der Waals surface area contributed by atoms with E-state index in [9.17, 15) is 0 Å². The first-order valence-electron chi connectivity index (χ1n) is 8.40. The molecule has 0 unspecified atom stereocenters. The first kappa shape index (κ1) is 13.0. The van der Waals surface area contributed by atoms with E-state index in [1.807, 2.05) is 19.1 Å². The van der Waals surface area contributed by atoms with Gasteiger partial charge in [0.2, 0.25) is 0 Å². The van der Waals surface area contributed by atoms with Crippen molar-refractivity contribution < 1.29 is 0 Å². The maximum Gasteiger partial charge on any atom is 0.179 e. The van der Waals surface area contributed by atoms with Gasteiger partial charge < -0.3 is 0 Å². The number of rotatable bonds is 0. The maximum absolute atomic E-state index is 4.96. The predicted molar refractivity (Wildman–Crippen MR) is 102 cm³/mol. The van der Waals surface area contributed by atoms with E-state index in [4.69, 9.17) is 9.97 Å². The van der Waals surface area contributed by atoms with Gasteiger partial charge in [-0.1, -0.05) is 42.5 Å². The number of hydrogen-bond donors (Lipinski definition) is 0. The van der Waals surface area contributed by atoms with Crippen molar-refractivity contribution in [2.45, 2.75) is 6.92 Å². The quantitative estimate of drug-likeness (QED) is 0.357. The van der Waals surface area contributed by atoms with Gasteiger partial charge in [0.1, 0.15) is 5.52 Å². The topological polar surface area (TPSA) is 38.7 Å². The molecular weight excluding hydrogens is 306 g/mol. The molecular formula is C22H13N3. The summed E-state index contributed by atoms with van der Waals surface area (Å²) in [5, 5.41) is 4.95. The molecule has 0 bridgehead atoms. The van der Waals surface area contributed by atoms with Gasteiger partial charge in [-0.15, -0.1) is 0 Å². The van der Waals surface area contributed by atoms with Crippen molar-refractivity contribution in [3.63, 3.8) is 0 Å². The molecule has 116 valence electrons. The standard InChI is InChI=1S/C22H13N3/c1-12-9-10-17-22(23-12)25-20-16-8-4-6-14-11-13-5-2-3-7-15(13)19(18(14)16)21(20)24-17/h2-11H,1H3. The van der Waals surface area contributed by atoms with Gasteiger partial charge >= 0.3 is 0 Å². The molecule has 0 spiro atoms. The van der Waals surface area contributed by atoms with Crippen LogP contribution in [0.15, 0.2) is 60.7 Å². The van der Waals surface area contributed by atoms with Crippen LogP contribution in [0.4, 0.5) is 0 Å². The lowest BCUT2D eigenvalue weighted by molar-refractivity contribution is 1.18. The highest BCUT2D eigenvalue weighted by atomic mass is 14.9. The molecule has 3 nitrogen and oxygen atoms in total. The molecule has 1 aliphatic rings. The number of aromatic nitrogens is 3. The molecule has 0 radical (unpaired) electrons. The van der Waals surface area contributed by atoms with Crippen molar-refractivity contribution >= 4 is 32.7 Å². The fourth-order valence-electron chi connectivity index (χ4n) is 3.97. The van der Waals surface area contributed by atoms with E-state index in [0.717, 1.165) is 28.2 Å². The third-order valence-corrected chi connectivity index (χ3v) is 5.05. The predicted octanol–water partition coefficient (Wildman–Crippen LogP) is 5.29. The van der Waals surface area contributed by atoms with Crippen molar-refractivity contribution in [3.05, 3.63) is 66.4 Å². The fourth-order valence-corrected chi connectivity index (χ4v) is 3.97. The van der Waals surface area contributed by atoms with Crippen molar-refractivity contribution in [2.75, 3.05) is 0 Å². The lowest BCUT2D eigenvalue weighted by Crippen LogP contribution is -1.94. The van der Waals surface area contributed by atoms with E-state index in [0.29, 0.717) is 5.65 Å². The highest BCUT2D eigenvalue weighted by Gasteiger charge is 2.26. The van der Waals surface area contributed by atoms with Gasteiger partial charge in [0, 0.05) is 22.2 Å². The summed E-state index contributed by atoms with van der Waals surface area (Å²) in [7, 11) is 0. The lowest BCUT2D eigenvalue weighted by atomic mass is 9.97. The van der Waals surface area contributed by atoms with Gasteiger partial charge in [-0.25, -0.2) is 15.0 Å². The van der Waals surface area contributed by atoms with Crippen molar-refractivity contribution in [3.8, 4) is 22.5 Å². The Bertz CT molecular complexity index is 1350. The molecule has 0 aliphatic heterocycles. The third kappa shape index (κ3) is 1.62. The highest BCUT2D eigenvalue weighted by molar-refractivity contribution is 6.22. The maximum atomic E-state index is 4.96. The fraction of sp³-hybridized carbons (Fsp3) is 0.0455. The minimum absolute atomic E-state index is 0.716. The molecule has 25 heavy (non-hydrogen) atoms. The van der Waals surface area contributed by atoms with E-state index in [-0.39, 0.29) is 0 Å². The second kappa shape index (κ2) is 4.39. The van der Waals surface area contributed by atoms with Gasteiger partial charge in [0.25, 0.3) is 0 Å². The largest absolute Gasteiger partial charge is 0.242 e. The summed E-state index contributed by atoms with van der Waals surface area (Å²) < 4.78 is 0. The van der Waals surface area contributed by atoms with Crippen LogP contribution in [-0.4, -0.2) is 15.0 Å². The van der Waals surface area contributed by atoms with Gasteiger partial charge in [-0.3, -0.25) is 0 Å². The molecule has 0 fully saturated rings. The van der Waals surface area contributed by atoms with Crippen LogP contribution in [0.5, 0.6) is 0 Å². The second-order valence-electron chi connectivity index (χ2n) is 6.59. The molecule has 0 saturated carbocycles. The van der Waals surface area contributed by atoms with Crippen molar-refractivity contribution in [1.82, 2.24) is 15.0 Å². The Hall–Kier alpha value is -3.33. The zero-order valence-electron chi connectivity index (χ0n) is 13.6. The molecule has 0 N–H and O–H groups in total. The Labute approximate surface area is 144 Å². The summed E-state index contributed by atoms with van der Waals surface area (Å²) in [5.41, 5.74) is 6.80. The van der Waals surface area contributed by atoms with E-state index in [2.05, 4.69) is 53.5 Å². The summed E-state index contributed by atoms with van der Waals surface area (Å²) in [6.07, 6.45) is 0. The Morgan fingerprint density at radius 1 is 0.720 bits per heavy atom. The Balaban J connectivity index is 1.87. The van der Waals surface area contributed by atoms with Crippen LogP contribution in [-0.2, 0) is 0 Å². The number of nitrogens with zero attached hydrogens (tertiary/aromatic N) is 3. The van der Waals surface area contributed by atoms with Crippen molar-refractivity contribution in [1.29, 1.82) is 0 Å². The Kier molecular flexibility index (Phi) is 2.29. The van der Waals surface area contributed by atoms with Crippen LogP contribution in [0, 0.1) is 6.92 Å². The van der Waals surface area contributed by atoms with E-state index >= 15 is 0 Å². The summed E-state index contributed by atoms with van der Waals surface area (Å²) in [5.74, 6) is 0. The molecule has 1 aliphatic carbocycles. The third-order valence-electron chi connectivity index (χ3n) is 5.05. The first-order chi connectivity index (χ1) is 12.3. The van der Waals surface area contributed by atoms with Gasteiger partial charge in [-0.05, 0) is 41.3 Å². The zero-order valence-corrected chi connectivity index (χ0v) is 13.6. The average Bonchev–Trinajstić information content (AvgIpc) is 2.96. The van der Waals surface area contributed by atoms with E-state index in [1.54, 1.807) is 0 Å².